The summed E-state index contributed by atoms with van der Waals surface area (Å²) in [6, 6.07) is 0. The van der Waals surface area contributed by atoms with Crippen LogP contribution in [-0.2, 0) is 0 Å². The Bertz CT molecular complexity index is 118. The first-order valence-corrected chi connectivity index (χ1v) is 4.49. The molecule has 65 valence electrons. The van der Waals surface area contributed by atoms with Crippen LogP contribution in [0.1, 0.15) is 34.1 Å². The molecule has 11 heavy (non-hydrogen) atoms. The Morgan fingerprint density at radius 2 is 1.73 bits per heavy atom. The van der Waals surface area contributed by atoms with Gasteiger partial charge in [-0.2, -0.15) is 12.6 Å². The van der Waals surface area contributed by atoms with E-state index in [1.165, 1.54) is 0 Å². The monoisotopic (exact) mass is 172 g/mol. The van der Waals surface area contributed by atoms with Gasteiger partial charge < -0.3 is 5.23 Å². The van der Waals surface area contributed by atoms with Gasteiger partial charge >= 0.3 is 0 Å². The van der Waals surface area contributed by atoms with Gasteiger partial charge in [0.25, 0.3) is 0 Å². The summed E-state index contributed by atoms with van der Waals surface area (Å²) in [4.78, 5) is 0. The third-order valence-corrected chi connectivity index (χ3v) is 1.57. The van der Waals surface area contributed by atoms with Gasteiger partial charge in [0, 0.05) is 10.3 Å². The molecule has 1 radical (unpaired) electrons. The van der Waals surface area contributed by atoms with Gasteiger partial charge in [-0.1, -0.05) is 20.7 Å². The molecule has 0 saturated carbocycles. The van der Waals surface area contributed by atoms with Crippen LogP contribution < -0.4 is 5.23 Å². The molecule has 1 N–H and O–H groups in total. The zero-order valence-electron chi connectivity index (χ0n) is 8.23. The highest BCUT2D eigenvalue weighted by Crippen LogP contribution is 2.24. The second-order valence-electron chi connectivity index (χ2n) is 4.31. The summed E-state index contributed by atoms with van der Waals surface area (Å²) in [5.41, 5.74) is 0.153. The number of thiol groups is 1. The fourth-order valence-electron chi connectivity index (χ4n) is 1.52. The molecule has 0 unspecified atom stereocenters. The quantitative estimate of drug-likeness (QED) is 0.489. The summed E-state index contributed by atoms with van der Waals surface area (Å²) in [5.74, 6) is 0. The van der Waals surface area contributed by atoms with Gasteiger partial charge in [0.15, 0.2) is 0 Å². The largest absolute Gasteiger partial charge is 0.356 e. The zero-order valence-corrected chi connectivity index (χ0v) is 9.13. The highest BCUT2D eigenvalue weighted by atomic mass is 32.1. The van der Waals surface area contributed by atoms with Crippen LogP contribution in [0.15, 0.2) is 0 Å². The Morgan fingerprint density at radius 1 is 1.27 bits per heavy atom. The molecule has 0 amide bonds. The third-order valence-electron chi connectivity index (χ3n) is 1.41. The first-order chi connectivity index (χ1) is 4.77. The van der Waals surface area contributed by atoms with Gasteiger partial charge in [0.2, 0.25) is 7.41 Å². The molecule has 0 bridgehead atoms. The van der Waals surface area contributed by atoms with Crippen molar-refractivity contribution < 1.29 is 0 Å². The lowest BCUT2D eigenvalue weighted by molar-refractivity contribution is 0.392. The van der Waals surface area contributed by atoms with Crippen molar-refractivity contribution in [2.75, 3.05) is 0 Å². The molecule has 0 fully saturated rings. The first kappa shape index (κ1) is 11.4. The number of nitrogens with one attached hydrogen (secondary N) is 1. The van der Waals surface area contributed by atoms with Crippen LogP contribution in [0.2, 0.25) is 6.82 Å². The average molecular weight is 172 g/mol. The van der Waals surface area contributed by atoms with Crippen molar-refractivity contribution in [1.29, 1.82) is 0 Å². The second-order valence-corrected chi connectivity index (χ2v) is 5.52. The number of hydrogen-bond acceptors (Lipinski definition) is 2. The highest BCUT2D eigenvalue weighted by Gasteiger charge is 2.24. The van der Waals surface area contributed by atoms with Crippen LogP contribution >= 0.6 is 12.6 Å². The zero-order chi connectivity index (χ0) is 9.12. The molecule has 0 heterocycles. The van der Waals surface area contributed by atoms with Gasteiger partial charge in [0.05, 0.1) is 0 Å². The molecule has 0 aliphatic rings. The van der Waals surface area contributed by atoms with Crippen molar-refractivity contribution in [1.82, 2.24) is 5.23 Å². The molecule has 1 nitrogen and oxygen atoms in total. The van der Waals surface area contributed by atoms with Crippen LogP contribution in [0, 0.1) is 0 Å². The number of rotatable bonds is 4. The summed E-state index contributed by atoms with van der Waals surface area (Å²) >= 11 is 4.49. The van der Waals surface area contributed by atoms with Crippen LogP contribution in [0.5, 0.6) is 0 Å². The maximum atomic E-state index is 4.49. The summed E-state index contributed by atoms with van der Waals surface area (Å²) in [6.07, 6.45) is 1.05. The Morgan fingerprint density at radius 3 is 2.00 bits per heavy atom. The Kier molecular flexibility index (Phi) is 3.99. The van der Waals surface area contributed by atoms with Gasteiger partial charge in [-0.05, 0) is 20.3 Å². The highest BCUT2D eigenvalue weighted by molar-refractivity contribution is 7.81. The van der Waals surface area contributed by atoms with E-state index in [4.69, 9.17) is 0 Å². The van der Waals surface area contributed by atoms with E-state index in [-0.39, 0.29) is 10.3 Å². The second kappa shape index (κ2) is 3.86. The maximum absolute atomic E-state index is 4.49. The first-order valence-electron chi connectivity index (χ1n) is 4.05. The van der Waals surface area contributed by atoms with Gasteiger partial charge in [-0.3, -0.25) is 0 Å². The topological polar surface area (TPSA) is 12.0 Å². The van der Waals surface area contributed by atoms with E-state index in [9.17, 15) is 0 Å². The lowest BCUT2D eigenvalue weighted by Crippen LogP contribution is -2.44. The normalized spacial score (nSPS) is 13.3. The Labute approximate surface area is 77.0 Å². The summed E-state index contributed by atoms with van der Waals surface area (Å²) in [7, 11) is 1.99. The van der Waals surface area contributed by atoms with Gasteiger partial charge in [0.1, 0.15) is 0 Å². The molecule has 0 aliphatic heterocycles. The minimum atomic E-state index is 0.0967. The molecule has 0 aromatic carbocycles. The minimum Gasteiger partial charge on any atom is -0.356 e. The van der Waals surface area contributed by atoms with E-state index in [1.807, 2.05) is 14.2 Å². The standard InChI is InChI=1S/C8H19BNS/c1-7(2,10-9-5)6-8(3,4)11/h10-11H,6H2,1-5H3. The van der Waals surface area contributed by atoms with Crippen molar-refractivity contribution >= 4 is 20.0 Å². The van der Waals surface area contributed by atoms with Crippen LogP contribution in [0.3, 0.4) is 0 Å². The molecule has 0 spiro atoms. The van der Waals surface area contributed by atoms with E-state index in [0.29, 0.717) is 0 Å². The van der Waals surface area contributed by atoms with Crippen LogP contribution in [0.25, 0.3) is 0 Å². The van der Waals surface area contributed by atoms with Crippen molar-refractivity contribution in [3.63, 3.8) is 0 Å². The molecule has 3 heteroatoms. The van der Waals surface area contributed by atoms with E-state index in [1.54, 1.807) is 0 Å². The number of hydrogen-bond donors (Lipinski definition) is 2. The average Bonchev–Trinajstić information content (AvgIpc) is 1.55. The molecule has 0 rings (SSSR count). The van der Waals surface area contributed by atoms with Crippen molar-refractivity contribution in [3.8, 4) is 0 Å². The molecule has 0 aliphatic carbocycles. The van der Waals surface area contributed by atoms with E-state index in [0.717, 1.165) is 6.42 Å². The third kappa shape index (κ3) is 6.76. The van der Waals surface area contributed by atoms with Crippen molar-refractivity contribution in [2.45, 2.75) is 51.2 Å². The molecule has 0 aromatic heterocycles. The smallest absolute Gasteiger partial charge is 0.202 e. The van der Waals surface area contributed by atoms with E-state index < -0.39 is 0 Å². The Hall–Kier alpha value is 0.375. The minimum absolute atomic E-state index is 0.0967. The molecular weight excluding hydrogens is 153 g/mol. The molecular formula is C8H19BNS. The predicted octanol–water partition coefficient (Wildman–Crippen LogP) is 2.12. The van der Waals surface area contributed by atoms with E-state index >= 15 is 0 Å². The van der Waals surface area contributed by atoms with Crippen molar-refractivity contribution in [2.24, 2.45) is 0 Å². The SMILES string of the molecule is C[B]NC(C)(C)CC(C)(C)S. The van der Waals surface area contributed by atoms with Crippen molar-refractivity contribution in [3.05, 3.63) is 0 Å². The maximum Gasteiger partial charge on any atom is 0.202 e. The molecule has 0 atom stereocenters. The fraction of sp³-hybridized carbons (Fsp3) is 1.00. The Balaban J connectivity index is 3.91. The summed E-state index contributed by atoms with van der Waals surface area (Å²) < 4.78 is 0.0967. The van der Waals surface area contributed by atoms with E-state index in [2.05, 4.69) is 45.6 Å². The fourth-order valence-corrected chi connectivity index (χ4v) is 1.92. The lowest BCUT2D eigenvalue weighted by Gasteiger charge is -2.32. The lowest BCUT2D eigenvalue weighted by atomic mass is 9.85. The molecule has 0 aromatic rings. The summed E-state index contributed by atoms with van der Waals surface area (Å²) in [6.45, 7) is 10.6. The van der Waals surface area contributed by atoms with Crippen LogP contribution in [0.4, 0.5) is 0 Å². The van der Waals surface area contributed by atoms with Crippen LogP contribution in [-0.4, -0.2) is 17.7 Å². The summed E-state index contributed by atoms with van der Waals surface area (Å²) in [5, 5.41) is 3.30. The molecule has 0 saturated heterocycles. The van der Waals surface area contributed by atoms with Gasteiger partial charge in [-0.25, -0.2) is 0 Å². The predicted molar refractivity (Wildman–Crippen MR) is 56.5 cm³/mol. The van der Waals surface area contributed by atoms with Gasteiger partial charge in [-0.15, -0.1) is 0 Å².